The van der Waals surface area contributed by atoms with Crippen LogP contribution in [0.25, 0.3) is 10.2 Å². The Bertz CT molecular complexity index is 576. The highest BCUT2D eigenvalue weighted by atomic mass is 32.1. The van der Waals surface area contributed by atoms with E-state index in [-0.39, 0.29) is 5.75 Å². The van der Waals surface area contributed by atoms with Gasteiger partial charge in [0, 0.05) is 13.2 Å². The molecule has 0 bridgehead atoms. The standard InChI is InChI=1S/C11H12N4OS/c1-13-10(12)4-5-14-11-15-8-3-2-7(16)6-9(8)17-11/h2-6,16H,1H3,(H2,12,13)(H,14,15)/b5-4-. The Morgan fingerprint density at radius 3 is 3.12 bits per heavy atom. The average Bonchev–Trinajstić information content (AvgIpc) is 2.70. The van der Waals surface area contributed by atoms with Crippen molar-refractivity contribution in [2.75, 3.05) is 12.4 Å². The number of benzene rings is 1. The molecule has 0 amide bonds. The molecule has 1 aromatic heterocycles. The predicted octanol–water partition coefficient (Wildman–Crippen LogP) is 2.12. The minimum absolute atomic E-state index is 0.236. The third-order valence-corrected chi connectivity index (χ3v) is 3.05. The van der Waals surface area contributed by atoms with Crippen LogP contribution < -0.4 is 10.6 Å². The lowest BCUT2D eigenvalue weighted by molar-refractivity contribution is 0.476. The Kier molecular flexibility index (Phi) is 3.24. The van der Waals surface area contributed by atoms with Crippen LogP contribution in [0.2, 0.25) is 0 Å². The maximum Gasteiger partial charge on any atom is 0.187 e. The maximum absolute atomic E-state index is 9.33. The smallest absolute Gasteiger partial charge is 0.187 e. The van der Waals surface area contributed by atoms with E-state index in [9.17, 15) is 5.11 Å². The summed E-state index contributed by atoms with van der Waals surface area (Å²) in [6, 6.07) is 5.06. The molecule has 6 heteroatoms. The molecule has 0 aliphatic carbocycles. The molecule has 0 radical (unpaired) electrons. The molecule has 4 N–H and O–H groups in total. The van der Waals surface area contributed by atoms with Crippen molar-refractivity contribution in [3.8, 4) is 5.75 Å². The first kappa shape index (κ1) is 11.4. The van der Waals surface area contributed by atoms with E-state index in [4.69, 9.17) is 5.41 Å². The van der Waals surface area contributed by atoms with Crippen molar-refractivity contribution < 1.29 is 5.11 Å². The average molecular weight is 248 g/mol. The van der Waals surface area contributed by atoms with Crippen LogP contribution in [0.5, 0.6) is 5.75 Å². The van der Waals surface area contributed by atoms with Gasteiger partial charge in [0.2, 0.25) is 0 Å². The highest BCUT2D eigenvalue weighted by Crippen LogP contribution is 2.28. The molecule has 1 heterocycles. The molecule has 0 unspecified atom stereocenters. The van der Waals surface area contributed by atoms with Crippen LogP contribution in [0.4, 0.5) is 5.13 Å². The van der Waals surface area contributed by atoms with Crippen LogP contribution in [-0.4, -0.2) is 23.0 Å². The highest BCUT2D eigenvalue weighted by molar-refractivity contribution is 7.22. The second-order valence-electron chi connectivity index (χ2n) is 3.31. The second kappa shape index (κ2) is 4.84. The van der Waals surface area contributed by atoms with Gasteiger partial charge in [0.05, 0.1) is 10.2 Å². The molecule has 0 aliphatic rings. The zero-order valence-electron chi connectivity index (χ0n) is 9.19. The summed E-state index contributed by atoms with van der Waals surface area (Å²) >= 11 is 1.45. The molecule has 1 aromatic carbocycles. The number of rotatable bonds is 3. The fourth-order valence-corrected chi connectivity index (χ4v) is 2.13. The van der Waals surface area contributed by atoms with E-state index in [2.05, 4.69) is 15.6 Å². The van der Waals surface area contributed by atoms with E-state index in [0.717, 1.165) is 15.3 Å². The SMILES string of the molecule is CNC(=N)/C=C\Nc1nc2ccc(O)cc2s1. The summed E-state index contributed by atoms with van der Waals surface area (Å²) in [5.41, 5.74) is 0.840. The summed E-state index contributed by atoms with van der Waals surface area (Å²) in [4.78, 5) is 4.33. The molecule has 0 atom stereocenters. The third kappa shape index (κ3) is 2.73. The molecule has 2 aromatic rings. The summed E-state index contributed by atoms with van der Waals surface area (Å²) in [7, 11) is 1.69. The van der Waals surface area contributed by atoms with E-state index in [1.807, 2.05) is 0 Å². The molecule has 0 saturated carbocycles. The quantitative estimate of drug-likeness (QED) is 0.495. The van der Waals surface area contributed by atoms with Gasteiger partial charge in [0.25, 0.3) is 0 Å². The fraction of sp³-hybridized carbons (Fsp3) is 0.0909. The Morgan fingerprint density at radius 1 is 1.53 bits per heavy atom. The van der Waals surface area contributed by atoms with Gasteiger partial charge in [-0.2, -0.15) is 0 Å². The molecular weight excluding hydrogens is 236 g/mol. The highest BCUT2D eigenvalue weighted by Gasteiger charge is 2.02. The molecule has 17 heavy (non-hydrogen) atoms. The molecule has 5 nitrogen and oxygen atoms in total. The molecule has 0 fully saturated rings. The van der Waals surface area contributed by atoms with Crippen molar-refractivity contribution in [1.82, 2.24) is 10.3 Å². The second-order valence-corrected chi connectivity index (χ2v) is 4.34. The van der Waals surface area contributed by atoms with Crippen LogP contribution in [0, 0.1) is 5.41 Å². The number of phenols is 1. The van der Waals surface area contributed by atoms with E-state index in [1.54, 1.807) is 37.5 Å². The van der Waals surface area contributed by atoms with Crippen LogP contribution in [0.15, 0.2) is 30.5 Å². The Morgan fingerprint density at radius 2 is 2.35 bits per heavy atom. The minimum Gasteiger partial charge on any atom is -0.508 e. The number of hydrogen-bond donors (Lipinski definition) is 4. The molecule has 2 rings (SSSR count). The van der Waals surface area contributed by atoms with Crippen molar-refractivity contribution in [3.05, 3.63) is 30.5 Å². The van der Waals surface area contributed by atoms with Gasteiger partial charge in [0.1, 0.15) is 11.6 Å². The first-order valence-corrected chi connectivity index (χ1v) is 5.79. The summed E-state index contributed by atoms with van der Waals surface area (Å²) in [5, 5.41) is 23.1. The van der Waals surface area contributed by atoms with Gasteiger partial charge in [0.15, 0.2) is 5.13 Å². The van der Waals surface area contributed by atoms with Crippen molar-refractivity contribution in [2.45, 2.75) is 0 Å². The van der Waals surface area contributed by atoms with Gasteiger partial charge < -0.3 is 15.7 Å². The maximum atomic E-state index is 9.33. The number of likely N-dealkylation sites (N-methyl/N-ethyl adjacent to an activating group) is 1. The lowest BCUT2D eigenvalue weighted by atomic mass is 10.3. The van der Waals surface area contributed by atoms with E-state index in [1.165, 1.54) is 11.3 Å². The van der Waals surface area contributed by atoms with Gasteiger partial charge in [-0.25, -0.2) is 4.98 Å². The zero-order chi connectivity index (χ0) is 12.3. The first-order chi connectivity index (χ1) is 8.19. The van der Waals surface area contributed by atoms with Crippen LogP contribution in [0.3, 0.4) is 0 Å². The van der Waals surface area contributed by atoms with Crippen molar-refractivity contribution in [2.24, 2.45) is 0 Å². The number of aromatic hydroxyl groups is 1. The van der Waals surface area contributed by atoms with E-state index < -0.39 is 0 Å². The molecule has 0 aliphatic heterocycles. The molecule has 0 spiro atoms. The van der Waals surface area contributed by atoms with Gasteiger partial charge in [-0.3, -0.25) is 5.41 Å². The number of fused-ring (bicyclic) bond motifs is 1. The Labute approximate surface area is 102 Å². The number of hydrogen-bond acceptors (Lipinski definition) is 5. The first-order valence-electron chi connectivity index (χ1n) is 4.98. The fourth-order valence-electron chi connectivity index (χ4n) is 1.25. The Hall–Kier alpha value is -2.08. The largest absolute Gasteiger partial charge is 0.508 e. The van der Waals surface area contributed by atoms with E-state index in [0.29, 0.717) is 5.84 Å². The monoisotopic (exact) mass is 248 g/mol. The Balaban J connectivity index is 2.14. The van der Waals surface area contributed by atoms with Gasteiger partial charge >= 0.3 is 0 Å². The number of aromatic nitrogens is 1. The molecule has 0 saturated heterocycles. The van der Waals surface area contributed by atoms with Crippen molar-refractivity contribution in [3.63, 3.8) is 0 Å². The predicted molar refractivity (Wildman–Crippen MR) is 70.8 cm³/mol. The van der Waals surface area contributed by atoms with Crippen LogP contribution >= 0.6 is 11.3 Å². The molecule has 88 valence electrons. The number of anilines is 1. The molecular formula is C11H12N4OS. The van der Waals surface area contributed by atoms with Gasteiger partial charge in [-0.15, -0.1) is 0 Å². The number of phenolic OH excluding ortho intramolecular Hbond substituents is 1. The van der Waals surface area contributed by atoms with Crippen molar-refractivity contribution in [1.29, 1.82) is 5.41 Å². The van der Waals surface area contributed by atoms with Crippen LogP contribution in [0.1, 0.15) is 0 Å². The lowest BCUT2D eigenvalue weighted by Gasteiger charge is -1.94. The number of nitrogens with one attached hydrogen (secondary N) is 3. The van der Waals surface area contributed by atoms with Gasteiger partial charge in [-0.1, -0.05) is 11.3 Å². The van der Waals surface area contributed by atoms with Crippen LogP contribution in [-0.2, 0) is 0 Å². The lowest BCUT2D eigenvalue weighted by Crippen LogP contribution is -2.13. The number of nitrogens with zero attached hydrogens (tertiary/aromatic N) is 1. The summed E-state index contributed by atoms with van der Waals surface area (Å²) < 4.78 is 0.921. The topological polar surface area (TPSA) is 81.0 Å². The summed E-state index contributed by atoms with van der Waals surface area (Å²) in [6.45, 7) is 0. The van der Waals surface area contributed by atoms with Gasteiger partial charge in [-0.05, 0) is 24.3 Å². The van der Waals surface area contributed by atoms with E-state index >= 15 is 0 Å². The third-order valence-electron chi connectivity index (χ3n) is 2.10. The summed E-state index contributed by atoms with van der Waals surface area (Å²) in [5.74, 6) is 0.552. The zero-order valence-corrected chi connectivity index (χ0v) is 10.0. The normalized spacial score (nSPS) is 10.9. The number of amidine groups is 1. The minimum atomic E-state index is 0.236. The van der Waals surface area contributed by atoms with Crippen molar-refractivity contribution >= 4 is 32.5 Å². The summed E-state index contributed by atoms with van der Waals surface area (Å²) in [6.07, 6.45) is 3.25. The number of thiazole rings is 1.